The Morgan fingerprint density at radius 2 is 1.84 bits per heavy atom. The third-order valence-corrected chi connectivity index (χ3v) is 5.62. The molecule has 0 aliphatic heterocycles. The smallest absolute Gasteiger partial charge is 0.377 e. The molecule has 0 saturated heterocycles. The number of carbonyl (C=O) groups excluding carboxylic acids is 1. The van der Waals surface area contributed by atoms with Crippen LogP contribution in [0.25, 0.3) is 0 Å². The average molecular weight is 283 g/mol. The van der Waals surface area contributed by atoms with E-state index in [1.807, 2.05) is 30.3 Å². The summed E-state index contributed by atoms with van der Waals surface area (Å²) in [6, 6.07) is 10.4. The summed E-state index contributed by atoms with van der Waals surface area (Å²) in [5.74, 6) is -0.321. The maximum atomic E-state index is 10.8. The van der Waals surface area contributed by atoms with Crippen LogP contribution in [0.4, 0.5) is 0 Å². The fourth-order valence-electron chi connectivity index (χ4n) is 1.72. The normalized spacial score (nSPS) is 11.5. The molecule has 6 heteroatoms. The first kappa shape index (κ1) is 15.8. The minimum Gasteiger partial charge on any atom is -0.377 e. The van der Waals surface area contributed by atoms with Gasteiger partial charge in [-0.3, -0.25) is 4.79 Å². The highest BCUT2D eigenvalue weighted by Crippen LogP contribution is 2.19. The molecule has 19 heavy (non-hydrogen) atoms. The topological polar surface area (TPSA) is 70.8 Å². The van der Waals surface area contributed by atoms with Crippen molar-refractivity contribution >= 4 is 14.7 Å². The molecule has 106 valence electrons. The van der Waals surface area contributed by atoms with Crippen LogP contribution < -0.4 is 5.73 Å². The molecule has 0 radical (unpaired) electrons. The molecular formula is C13H21NO4Si. The second-order valence-electron chi connectivity index (χ2n) is 4.19. The Labute approximate surface area is 115 Å². The lowest BCUT2D eigenvalue weighted by molar-refractivity contribution is -0.118. The Balaban J connectivity index is 2.53. The molecule has 5 nitrogen and oxygen atoms in total. The zero-order chi connectivity index (χ0) is 14.1. The molecule has 1 rings (SSSR count). The Kier molecular flexibility index (Phi) is 6.72. The molecule has 0 aliphatic rings. The second kappa shape index (κ2) is 8.06. The van der Waals surface area contributed by atoms with E-state index >= 15 is 0 Å². The summed E-state index contributed by atoms with van der Waals surface area (Å²) < 4.78 is 16.7. The van der Waals surface area contributed by atoms with Crippen molar-refractivity contribution in [2.45, 2.75) is 25.5 Å². The van der Waals surface area contributed by atoms with Gasteiger partial charge in [0.2, 0.25) is 5.91 Å². The number of primary amides is 1. The SMILES string of the molecule is CO[Si](CCCC(N)=O)(OC)OCc1ccccc1. The molecule has 0 heterocycles. The van der Waals surface area contributed by atoms with Crippen LogP contribution in [0.1, 0.15) is 18.4 Å². The van der Waals surface area contributed by atoms with Gasteiger partial charge in [0.1, 0.15) is 0 Å². The number of carbonyl (C=O) groups is 1. The van der Waals surface area contributed by atoms with Crippen LogP contribution in [-0.2, 0) is 24.7 Å². The van der Waals surface area contributed by atoms with E-state index in [-0.39, 0.29) is 5.91 Å². The molecule has 0 saturated carbocycles. The van der Waals surface area contributed by atoms with Gasteiger partial charge >= 0.3 is 8.80 Å². The predicted octanol–water partition coefficient (Wildman–Crippen LogP) is 1.70. The van der Waals surface area contributed by atoms with Crippen molar-refractivity contribution in [3.63, 3.8) is 0 Å². The first-order chi connectivity index (χ1) is 9.12. The van der Waals surface area contributed by atoms with E-state index in [9.17, 15) is 4.79 Å². The number of rotatable bonds is 9. The van der Waals surface area contributed by atoms with Gasteiger partial charge in [-0.15, -0.1) is 0 Å². The maximum absolute atomic E-state index is 10.8. The first-order valence-corrected chi connectivity index (χ1v) is 8.11. The average Bonchev–Trinajstić information content (AvgIpc) is 2.44. The molecule has 1 aromatic rings. The highest BCUT2D eigenvalue weighted by Gasteiger charge is 2.38. The number of benzene rings is 1. The van der Waals surface area contributed by atoms with Gasteiger partial charge < -0.3 is 19.0 Å². The van der Waals surface area contributed by atoms with E-state index in [0.717, 1.165) is 5.56 Å². The molecule has 1 amide bonds. The summed E-state index contributed by atoms with van der Waals surface area (Å²) in [7, 11) is 0.448. The Morgan fingerprint density at radius 3 is 2.37 bits per heavy atom. The van der Waals surface area contributed by atoms with Crippen molar-refractivity contribution in [2.24, 2.45) is 5.73 Å². The van der Waals surface area contributed by atoms with Gasteiger partial charge in [0.15, 0.2) is 0 Å². The lowest BCUT2D eigenvalue weighted by Gasteiger charge is -2.26. The minimum atomic E-state index is -2.70. The molecule has 2 N–H and O–H groups in total. The third kappa shape index (κ3) is 5.52. The fourth-order valence-corrected chi connectivity index (χ4v) is 3.68. The molecule has 0 bridgehead atoms. The summed E-state index contributed by atoms with van der Waals surface area (Å²) in [5, 5.41) is 0. The van der Waals surface area contributed by atoms with Crippen molar-refractivity contribution in [3.05, 3.63) is 35.9 Å². The van der Waals surface area contributed by atoms with Gasteiger partial charge in [-0.2, -0.15) is 0 Å². The quantitative estimate of drug-likeness (QED) is 0.700. The number of hydrogen-bond donors (Lipinski definition) is 1. The zero-order valence-corrected chi connectivity index (χ0v) is 12.4. The van der Waals surface area contributed by atoms with Crippen LogP contribution in [-0.4, -0.2) is 28.9 Å². The standard InChI is InChI=1S/C13H21NO4Si/c1-16-19(17-2,10-6-9-13(14)15)18-11-12-7-4-3-5-8-12/h3-5,7-8H,6,9-11H2,1-2H3,(H2,14,15). The largest absolute Gasteiger partial charge is 0.500 e. The van der Waals surface area contributed by atoms with Crippen LogP contribution in [0.5, 0.6) is 0 Å². The van der Waals surface area contributed by atoms with Gasteiger partial charge in [-0.25, -0.2) is 0 Å². The molecule has 1 aromatic carbocycles. The van der Waals surface area contributed by atoms with E-state index in [0.29, 0.717) is 25.5 Å². The van der Waals surface area contributed by atoms with Crippen LogP contribution in [0, 0.1) is 0 Å². The number of amides is 1. The molecule has 0 spiro atoms. The van der Waals surface area contributed by atoms with Gasteiger partial charge in [0.05, 0.1) is 6.61 Å². The first-order valence-electron chi connectivity index (χ1n) is 6.18. The van der Waals surface area contributed by atoms with E-state index in [4.69, 9.17) is 19.0 Å². The van der Waals surface area contributed by atoms with E-state index < -0.39 is 8.80 Å². The van der Waals surface area contributed by atoms with Crippen molar-refractivity contribution in [1.29, 1.82) is 0 Å². The maximum Gasteiger partial charge on any atom is 0.500 e. The second-order valence-corrected chi connectivity index (χ2v) is 7.16. The Morgan fingerprint density at radius 1 is 1.21 bits per heavy atom. The molecule has 0 atom stereocenters. The van der Waals surface area contributed by atoms with Gasteiger partial charge in [-0.05, 0) is 12.0 Å². The van der Waals surface area contributed by atoms with Gasteiger partial charge in [0, 0.05) is 26.7 Å². The van der Waals surface area contributed by atoms with Crippen molar-refractivity contribution < 1.29 is 18.1 Å². The molecular weight excluding hydrogens is 262 g/mol. The highest BCUT2D eigenvalue weighted by atomic mass is 28.4. The van der Waals surface area contributed by atoms with Gasteiger partial charge in [0.25, 0.3) is 0 Å². The fraction of sp³-hybridized carbons (Fsp3) is 0.462. The van der Waals surface area contributed by atoms with Crippen LogP contribution in [0.15, 0.2) is 30.3 Å². The van der Waals surface area contributed by atoms with Crippen molar-refractivity contribution in [1.82, 2.24) is 0 Å². The lowest BCUT2D eigenvalue weighted by Crippen LogP contribution is -2.43. The summed E-state index contributed by atoms with van der Waals surface area (Å²) >= 11 is 0. The zero-order valence-electron chi connectivity index (χ0n) is 11.4. The minimum absolute atomic E-state index is 0.316. The van der Waals surface area contributed by atoms with E-state index in [1.165, 1.54) is 0 Å². The third-order valence-electron chi connectivity index (χ3n) is 2.83. The van der Waals surface area contributed by atoms with E-state index in [2.05, 4.69) is 0 Å². The van der Waals surface area contributed by atoms with Gasteiger partial charge in [-0.1, -0.05) is 30.3 Å². The van der Waals surface area contributed by atoms with E-state index in [1.54, 1.807) is 14.2 Å². The number of nitrogens with two attached hydrogens (primary N) is 1. The summed E-state index contributed by atoms with van der Waals surface area (Å²) in [6.45, 7) is 0.436. The molecule has 0 unspecified atom stereocenters. The molecule has 0 fully saturated rings. The highest BCUT2D eigenvalue weighted by molar-refractivity contribution is 6.60. The Hall–Kier alpha value is -1.21. The monoisotopic (exact) mass is 283 g/mol. The van der Waals surface area contributed by atoms with Crippen LogP contribution >= 0.6 is 0 Å². The summed E-state index contributed by atoms with van der Waals surface area (Å²) in [4.78, 5) is 10.8. The molecule has 0 aromatic heterocycles. The van der Waals surface area contributed by atoms with Crippen molar-refractivity contribution in [2.75, 3.05) is 14.2 Å². The van der Waals surface area contributed by atoms with Crippen LogP contribution in [0.2, 0.25) is 6.04 Å². The number of hydrogen-bond acceptors (Lipinski definition) is 4. The predicted molar refractivity (Wildman–Crippen MR) is 74.2 cm³/mol. The molecule has 0 aliphatic carbocycles. The summed E-state index contributed by atoms with van der Waals surface area (Å²) in [6.07, 6.45) is 0.925. The lowest BCUT2D eigenvalue weighted by atomic mass is 10.2. The summed E-state index contributed by atoms with van der Waals surface area (Å²) in [5.41, 5.74) is 6.18. The Bertz CT molecular complexity index is 381. The van der Waals surface area contributed by atoms with Crippen molar-refractivity contribution in [3.8, 4) is 0 Å². The van der Waals surface area contributed by atoms with Crippen LogP contribution in [0.3, 0.4) is 0 Å².